The van der Waals surface area contributed by atoms with Crippen molar-refractivity contribution in [3.05, 3.63) is 33.3 Å². The third-order valence-corrected chi connectivity index (χ3v) is 4.31. The lowest BCUT2D eigenvalue weighted by molar-refractivity contribution is -0.119. The molecular formula is C14H17BrClN3O2. The van der Waals surface area contributed by atoms with Crippen molar-refractivity contribution in [3.63, 3.8) is 0 Å². The molecule has 1 fully saturated rings. The van der Waals surface area contributed by atoms with Gasteiger partial charge in [-0.3, -0.25) is 14.5 Å². The van der Waals surface area contributed by atoms with Gasteiger partial charge < -0.3 is 10.6 Å². The van der Waals surface area contributed by atoms with Crippen molar-refractivity contribution in [1.29, 1.82) is 0 Å². The summed E-state index contributed by atoms with van der Waals surface area (Å²) in [7, 11) is 0. The van der Waals surface area contributed by atoms with Gasteiger partial charge in [0.2, 0.25) is 5.91 Å². The second-order valence-electron chi connectivity index (χ2n) is 5.01. The van der Waals surface area contributed by atoms with Gasteiger partial charge >= 0.3 is 0 Å². The first-order chi connectivity index (χ1) is 9.97. The smallest absolute Gasteiger partial charge is 0.255 e. The highest BCUT2D eigenvalue weighted by molar-refractivity contribution is 9.10. The Bertz CT molecular complexity index is 553. The molecule has 0 bridgehead atoms. The number of rotatable bonds is 3. The van der Waals surface area contributed by atoms with Crippen molar-refractivity contribution in [2.45, 2.75) is 6.42 Å². The molecule has 7 heteroatoms. The molecule has 2 amide bonds. The fourth-order valence-corrected chi connectivity index (χ4v) is 3.24. The van der Waals surface area contributed by atoms with Crippen molar-refractivity contribution >= 4 is 39.3 Å². The van der Waals surface area contributed by atoms with E-state index in [9.17, 15) is 9.59 Å². The summed E-state index contributed by atoms with van der Waals surface area (Å²) in [6.07, 6.45) is 0.824. The Labute approximate surface area is 137 Å². The van der Waals surface area contributed by atoms with E-state index in [2.05, 4.69) is 15.9 Å². The van der Waals surface area contributed by atoms with Crippen LogP contribution in [0.15, 0.2) is 22.7 Å². The van der Waals surface area contributed by atoms with E-state index in [0.717, 1.165) is 13.0 Å². The molecule has 1 aliphatic heterocycles. The first-order valence-corrected chi connectivity index (χ1v) is 7.89. The van der Waals surface area contributed by atoms with Gasteiger partial charge in [-0.25, -0.2) is 0 Å². The number of nitrogens with two attached hydrogens (primary N) is 1. The maximum atomic E-state index is 12.6. The zero-order valence-corrected chi connectivity index (χ0v) is 13.9. The largest absolute Gasteiger partial charge is 0.369 e. The van der Waals surface area contributed by atoms with Gasteiger partial charge in [0.15, 0.2) is 0 Å². The van der Waals surface area contributed by atoms with Gasteiger partial charge in [0, 0.05) is 35.7 Å². The summed E-state index contributed by atoms with van der Waals surface area (Å²) in [6, 6.07) is 5.14. The number of halogens is 2. The molecule has 114 valence electrons. The summed E-state index contributed by atoms with van der Waals surface area (Å²) in [5, 5.41) is 0.585. The summed E-state index contributed by atoms with van der Waals surface area (Å²) < 4.78 is 0.693. The zero-order chi connectivity index (χ0) is 15.4. The van der Waals surface area contributed by atoms with Crippen molar-refractivity contribution in [2.75, 3.05) is 32.7 Å². The number of carbonyl (C=O) groups excluding carboxylic acids is 2. The predicted octanol–water partition coefficient (Wildman–Crippen LogP) is 1.74. The van der Waals surface area contributed by atoms with Gasteiger partial charge in [-0.15, -0.1) is 0 Å². The monoisotopic (exact) mass is 373 g/mol. The van der Waals surface area contributed by atoms with Gasteiger partial charge in [-0.05, 0) is 40.5 Å². The Balaban J connectivity index is 2.04. The minimum absolute atomic E-state index is 0.0283. The topological polar surface area (TPSA) is 66.6 Å². The fraction of sp³-hybridized carbons (Fsp3) is 0.429. The summed E-state index contributed by atoms with van der Waals surface area (Å²) in [5.41, 5.74) is 5.81. The summed E-state index contributed by atoms with van der Waals surface area (Å²) >= 11 is 9.27. The average Bonchev–Trinajstić information content (AvgIpc) is 2.63. The number of hydrogen-bond donors (Lipinski definition) is 1. The third kappa shape index (κ3) is 4.43. The van der Waals surface area contributed by atoms with Crippen molar-refractivity contribution in [3.8, 4) is 0 Å². The molecule has 1 aromatic carbocycles. The highest BCUT2D eigenvalue weighted by atomic mass is 79.9. The van der Waals surface area contributed by atoms with Crippen LogP contribution < -0.4 is 5.73 Å². The van der Waals surface area contributed by atoms with Crippen LogP contribution in [0.2, 0.25) is 5.02 Å². The molecule has 1 aromatic rings. The maximum Gasteiger partial charge on any atom is 0.255 e. The van der Waals surface area contributed by atoms with Crippen LogP contribution in [-0.4, -0.2) is 54.3 Å². The van der Waals surface area contributed by atoms with Crippen LogP contribution in [0.4, 0.5) is 0 Å². The molecule has 2 rings (SSSR count). The Hall–Kier alpha value is -1.11. The van der Waals surface area contributed by atoms with Gasteiger partial charge in [0.05, 0.1) is 12.1 Å². The second-order valence-corrected chi connectivity index (χ2v) is 6.30. The number of carbonyl (C=O) groups is 2. The van der Waals surface area contributed by atoms with Crippen molar-refractivity contribution < 1.29 is 9.59 Å². The van der Waals surface area contributed by atoms with E-state index in [1.54, 1.807) is 23.1 Å². The molecule has 1 saturated heterocycles. The minimum Gasteiger partial charge on any atom is -0.369 e. The van der Waals surface area contributed by atoms with Crippen LogP contribution in [0.3, 0.4) is 0 Å². The van der Waals surface area contributed by atoms with E-state index in [4.69, 9.17) is 17.3 Å². The van der Waals surface area contributed by atoms with Crippen LogP contribution in [0, 0.1) is 0 Å². The molecule has 0 aromatic heterocycles. The average molecular weight is 375 g/mol. The molecule has 0 radical (unpaired) electrons. The molecule has 0 saturated carbocycles. The van der Waals surface area contributed by atoms with Gasteiger partial charge in [-0.1, -0.05) is 11.6 Å². The van der Waals surface area contributed by atoms with E-state index in [0.29, 0.717) is 34.7 Å². The Morgan fingerprint density at radius 3 is 2.67 bits per heavy atom. The Morgan fingerprint density at radius 2 is 2.00 bits per heavy atom. The highest BCUT2D eigenvalue weighted by Gasteiger charge is 2.22. The number of primary amides is 1. The molecule has 0 spiro atoms. The molecule has 21 heavy (non-hydrogen) atoms. The lowest BCUT2D eigenvalue weighted by atomic mass is 10.2. The predicted molar refractivity (Wildman–Crippen MR) is 85.3 cm³/mol. The van der Waals surface area contributed by atoms with Crippen LogP contribution >= 0.6 is 27.5 Å². The molecule has 2 N–H and O–H groups in total. The summed E-state index contributed by atoms with van der Waals surface area (Å²) in [6.45, 7) is 2.92. The van der Waals surface area contributed by atoms with E-state index in [-0.39, 0.29) is 18.4 Å². The molecule has 5 nitrogen and oxygen atoms in total. The van der Waals surface area contributed by atoms with E-state index < -0.39 is 0 Å². The summed E-state index contributed by atoms with van der Waals surface area (Å²) in [5.74, 6) is -0.366. The maximum absolute atomic E-state index is 12.6. The lowest BCUT2D eigenvalue weighted by Gasteiger charge is -2.22. The molecule has 0 aliphatic carbocycles. The molecule has 1 heterocycles. The number of amides is 2. The SMILES string of the molecule is NC(=O)CN1CCCN(C(=O)c2ccc(Cl)cc2Br)CC1. The minimum atomic E-state index is -0.338. The van der Waals surface area contributed by atoms with Crippen LogP contribution in [0.25, 0.3) is 0 Å². The molecule has 1 aliphatic rings. The Kier molecular flexibility index (Phi) is 5.61. The van der Waals surface area contributed by atoms with Crippen LogP contribution in [0.5, 0.6) is 0 Å². The van der Waals surface area contributed by atoms with Gasteiger partial charge in [0.25, 0.3) is 5.91 Å². The number of hydrogen-bond acceptors (Lipinski definition) is 3. The zero-order valence-electron chi connectivity index (χ0n) is 11.5. The first-order valence-electron chi connectivity index (χ1n) is 6.72. The summed E-state index contributed by atoms with van der Waals surface area (Å²) in [4.78, 5) is 27.3. The number of nitrogens with zero attached hydrogens (tertiary/aromatic N) is 2. The second kappa shape index (κ2) is 7.24. The van der Waals surface area contributed by atoms with Crippen LogP contribution in [0.1, 0.15) is 16.8 Å². The quantitative estimate of drug-likeness (QED) is 0.876. The van der Waals surface area contributed by atoms with E-state index >= 15 is 0 Å². The van der Waals surface area contributed by atoms with Crippen molar-refractivity contribution in [2.24, 2.45) is 5.73 Å². The highest BCUT2D eigenvalue weighted by Crippen LogP contribution is 2.23. The fourth-order valence-electron chi connectivity index (χ4n) is 2.39. The normalized spacial score (nSPS) is 16.6. The third-order valence-electron chi connectivity index (χ3n) is 3.42. The molecule has 0 atom stereocenters. The molecule has 0 unspecified atom stereocenters. The van der Waals surface area contributed by atoms with Gasteiger partial charge in [0.1, 0.15) is 0 Å². The molecular weight excluding hydrogens is 358 g/mol. The number of benzene rings is 1. The lowest BCUT2D eigenvalue weighted by Crippen LogP contribution is -2.38. The van der Waals surface area contributed by atoms with E-state index in [1.807, 2.05) is 4.90 Å². The van der Waals surface area contributed by atoms with Crippen molar-refractivity contribution in [1.82, 2.24) is 9.80 Å². The Morgan fingerprint density at radius 1 is 1.24 bits per heavy atom. The van der Waals surface area contributed by atoms with Crippen LogP contribution in [-0.2, 0) is 4.79 Å². The van der Waals surface area contributed by atoms with E-state index in [1.165, 1.54) is 0 Å². The van der Waals surface area contributed by atoms with Gasteiger partial charge in [-0.2, -0.15) is 0 Å². The standard InChI is InChI=1S/C14H17BrClN3O2/c15-12-8-10(16)2-3-11(12)14(21)19-5-1-4-18(6-7-19)9-13(17)20/h2-3,8H,1,4-7,9H2,(H2,17,20). The first kappa shape index (κ1) is 16.3.